The molecule has 0 radical (unpaired) electrons. The van der Waals surface area contributed by atoms with Crippen LogP contribution in [0.2, 0.25) is 5.02 Å². The number of carbonyl (C=O) groups excluding carboxylic acids is 1. The first kappa shape index (κ1) is 17.3. The molecule has 7 heteroatoms. The molecule has 0 bridgehead atoms. The highest BCUT2D eigenvalue weighted by Gasteiger charge is 2.18. The first-order chi connectivity index (χ1) is 10.7. The zero-order valence-corrected chi connectivity index (χ0v) is 14.5. The van der Waals surface area contributed by atoms with Gasteiger partial charge in [0, 0.05) is 17.6 Å². The van der Waals surface area contributed by atoms with E-state index in [0.29, 0.717) is 22.0 Å². The van der Waals surface area contributed by atoms with Gasteiger partial charge >= 0.3 is 0 Å². The maximum Gasteiger partial charge on any atom is 0.262 e. The van der Waals surface area contributed by atoms with E-state index in [-0.39, 0.29) is 10.8 Å². The molecule has 0 aliphatic heterocycles. The second kappa shape index (κ2) is 6.60. The van der Waals surface area contributed by atoms with Gasteiger partial charge in [-0.05, 0) is 55.3 Å². The van der Waals surface area contributed by atoms with E-state index in [4.69, 9.17) is 11.6 Å². The van der Waals surface area contributed by atoms with Gasteiger partial charge < -0.3 is 5.32 Å². The minimum atomic E-state index is -3.78. The number of benzene rings is 2. The van der Waals surface area contributed by atoms with E-state index < -0.39 is 10.0 Å². The lowest BCUT2D eigenvalue weighted by molar-refractivity contribution is -0.114. The molecule has 0 atom stereocenters. The van der Waals surface area contributed by atoms with Crippen molar-refractivity contribution in [2.45, 2.75) is 25.7 Å². The molecule has 122 valence electrons. The van der Waals surface area contributed by atoms with E-state index in [2.05, 4.69) is 10.0 Å². The van der Waals surface area contributed by atoms with Gasteiger partial charge in [-0.15, -0.1) is 0 Å². The Morgan fingerprint density at radius 2 is 1.74 bits per heavy atom. The van der Waals surface area contributed by atoms with Crippen LogP contribution in [0.25, 0.3) is 0 Å². The standard InChI is InChI=1S/C16H17ClN2O3S/c1-10-4-6-14(18-12(3)20)9-16(10)23(21,22)19-15-7-5-13(17)8-11(15)2/h4-9,19H,1-3H3,(H,18,20). The number of aryl methyl sites for hydroxylation is 2. The normalized spacial score (nSPS) is 11.1. The van der Waals surface area contributed by atoms with Crippen molar-refractivity contribution in [1.29, 1.82) is 0 Å². The van der Waals surface area contributed by atoms with E-state index in [1.807, 2.05) is 0 Å². The maximum absolute atomic E-state index is 12.6. The van der Waals surface area contributed by atoms with Gasteiger partial charge in [0.2, 0.25) is 5.91 Å². The van der Waals surface area contributed by atoms with Crippen LogP contribution in [-0.4, -0.2) is 14.3 Å². The number of sulfonamides is 1. The summed E-state index contributed by atoms with van der Waals surface area (Å²) in [6.45, 7) is 4.83. The van der Waals surface area contributed by atoms with Crippen molar-refractivity contribution in [3.05, 3.63) is 52.5 Å². The average Bonchev–Trinajstić information content (AvgIpc) is 2.43. The van der Waals surface area contributed by atoms with E-state index in [9.17, 15) is 13.2 Å². The quantitative estimate of drug-likeness (QED) is 0.880. The molecule has 0 saturated carbocycles. The fourth-order valence-corrected chi connectivity index (χ4v) is 3.74. The van der Waals surface area contributed by atoms with Gasteiger partial charge in [-0.3, -0.25) is 9.52 Å². The summed E-state index contributed by atoms with van der Waals surface area (Å²) in [4.78, 5) is 11.2. The molecular formula is C16H17ClN2O3S. The van der Waals surface area contributed by atoms with Crippen molar-refractivity contribution in [3.8, 4) is 0 Å². The lowest BCUT2D eigenvalue weighted by Crippen LogP contribution is -2.16. The summed E-state index contributed by atoms with van der Waals surface area (Å²) in [7, 11) is -3.78. The summed E-state index contributed by atoms with van der Waals surface area (Å²) in [5.41, 5.74) is 2.19. The Hall–Kier alpha value is -2.05. The van der Waals surface area contributed by atoms with Crippen molar-refractivity contribution >= 4 is 38.9 Å². The molecule has 0 aromatic heterocycles. The third kappa shape index (κ3) is 4.24. The topological polar surface area (TPSA) is 75.3 Å². The third-order valence-electron chi connectivity index (χ3n) is 3.23. The predicted molar refractivity (Wildman–Crippen MR) is 92.5 cm³/mol. The zero-order chi connectivity index (χ0) is 17.2. The Balaban J connectivity index is 2.40. The van der Waals surface area contributed by atoms with Crippen LogP contribution >= 0.6 is 11.6 Å². The van der Waals surface area contributed by atoms with Crippen LogP contribution in [0.1, 0.15) is 18.1 Å². The Morgan fingerprint density at radius 1 is 1.04 bits per heavy atom. The van der Waals surface area contributed by atoms with Gasteiger partial charge in [-0.25, -0.2) is 8.42 Å². The highest BCUT2D eigenvalue weighted by molar-refractivity contribution is 7.92. The highest BCUT2D eigenvalue weighted by atomic mass is 35.5. The van der Waals surface area contributed by atoms with Gasteiger partial charge in [0.05, 0.1) is 10.6 Å². The molecule has 0 fully saturated rings. The molecule has 5 nitrogen and oxygen atoms in total. The molecule has 0 heterocycles. The number of rotatable bonds is 4. The molecule has 2 rings (SSSR count). The summed E-state index contributed by atoms with van der Waals surface area (Å²) < 4.78 is 27.8. The molecular weight excluding hydrogens is 336 g/mol. The monoisotopic (exact) mass is 352 g/mol. The smallest absolute Gasteiger partial charge is 0.262 e. The Bertz CT molecular complexity index is 864. The lowest BCUT2D eigenvalue weighted by atomic mass is 10.2. The van der Waals surface area contributed by atoms with Gasteiger partial charge in [-0.1, -0.05) is 17.7 Å². The number of anilines is 2. The van der Waals surface area contributed by atoms with Gasteiger partial charge in [-0.2, -0.15) is 0 Å². The summed E-state index contributed by atoms with van der Waals surface area (Å²) in [6, 6.07) is 9.65. The van der Waals surface area contributed by atoms with E-state index in [1.54, 1.807) is 44.2 Å². The van der Waals surface area contributed by atoms with Crippen LogP contribution in [0, 0.1) is 13.8 Å². The fraction of sp³-hybridized carbons (Fsp3) is 0.188. The van der Waals surface area contributed by atoms with Crippen LogP contribution in [-0.2, 0) is 14.8 Å². The molecule has 0 unspecified atom stereocenters. The number of hydrogen-bond donors (Lipinski definition) is 2. The highest BCUT2D eigenvalue weighted by Crippen LogP contribution is 2.26. The van der Waals surface area contributed by atoms with E-state index in [1.165, 1.54) is 13.0 Å². The van der Waals surface area contributed by atoms with E-state index in [0.717, 1.165) is 5.56 Å². The Morgan fingerprint density at radius 3 is 2.35 bits per heavy atom. The molecule has 2 aromatic rings. The van der Waals surface area contributed by atoms with Crippen molar-refractivity contribution in [2.24, 2.45) is 0 Å². The summed E-state index contributed by atoms with van der Waals surface area (Å²) >= 11 is 5.88. The molecule has 1 amide bonds. The molecule has 2 aromatic carbocycles. The third-order valence-corrected chi connectivity index (χ3v) is 4.97. The predicted octanol–water partition coefficient (Wildman–Crippen LogP) is 3.72. The van der Waals surface area contributed by atoms with Crippen molar-refractivity contribution in [2.75, 3.05) is 10.0 Å². The van der Waals surface area contributed by atoms with Crippen molar-refractivity contribution in [3.63, 3.8) is 0 Å². The van der Waals surface area contributed by atoms with Gasteiger partial charge in [0.15, 0.2) is 0 Å². The van der Waals surface area contributed by atoms with E-state index >= 15 is 0 Å². The van der Waals surface area contributed by atoms with Crippen LogP contribution in [0.4, 0.5) is 11.4 Å². The number of halogens is 1. The van der Waals surface area contributed by atoms with Crippen LogP contribution in [0.3, 0.4) is 0 Å². The molecule has 0 aliphatic rings. The largest absolute Gasteiger partial charge is 0.326 e. The Kier molecular flexibility index (Phi) is 4.97. The first-order valence-corrected chi connectivity index (χ1v) is 8.72. The molecule has 2 N–H and O–H groups in total. The summed E-state index contributed by atoms with van der Waals surface area (Å²) in [5, 5.41) is 3.11. The summed E-state index contributed by atoms with van der Waals surface area (Å²) in [5.74, 6) is -0.265. The Labute approximate surface area is 140 Å². The number of nitrogens with one attached hydrogen (secondary N) is 2. The second-order valence-corrected chi connectivity index (χ2v) is 7.31. The minimum absolute atomic E-state index is 0.109. The van der Waals surface area contributed by atoms with Crippen LogP contribution < -0.4 is 10.0 Å². The van der Waals surface area contributed by atoms with Crippen molar-refractivity contribution < 1.29 is 13.2 Å². The van der Waals surface area contributed by atoms with Crippen LogP contribution in [0.15, 0.2) is 41.3 Å². The van der Waals surface area contributed by atoms with Gasteiger partial charge in [0.1, 0.15) is 0 Å². The number of amides is 1. The zero-order valence-electron chi connectivity index (χ0n) is 13.0. The first-order valence-electron chi connectivity index (χ1n) is 6.86. The average molecular weight is 353 g/mol. The molecule has 0 aliphatic carbocycles. The van der Waals surface area contributed by atoms with Crippen molar-refractivity contribution in [1.82, 2.24) is 0 Å². The SMILES string of the molecule is CC(=O)Nc1ccc(C)c(S(=O)(=O)Nc2ccc(Cl)cc2C)c1. The van der Waals surface area contributed by atoms with Crippen LogP contribution in [0.5, 0.6) is 0 Å². The molecule has 0 saturated heterocycles. The number of carbonyl (C=O) groups is 1. The molecule has 23 heavy (non-hydrogen) atoms. The van der Waals surface area contributed by atoms with Gasteiger partial charge in [0.25, 0.3) is 10.0 Å². The number of hydrogen-bond acceptors (Lipinski definition) is 3. The fourth-order valence-electron chi connectivity index (χ4n) is 2.11. The summed E-state index contributed by atoms with van der Waals surface area (Å²) in [6.07, 6.45) is 0. The maximum atomic E-state index is 12.6. The minimum Gasteiger partial charge on any atom is -0.326 e. The lowest BCUT2D eigenvalue weighted by Gasteiger charge is -2.14. The molecule has 0 spiro atoms. The second-order valence-electron chi connectivity index (χ2n) is 5.23.